The van der Waals surface area contributed by atoms with E-state index in [4.69, 9.17) is 10.5 Å². The van der Waals surface area contributed by atoms with Gasteiger partial charge in [-0.1, -0.05) is 6.08 Å². The molecular weight excluding hydrogens is 205 g/mol. The normalized spacial score (nSPS) is 12.2. The van der Waals surface area contributed by atoms with Gasteiger partial charge in [0.1, 0.15) is 11.6 Å². The zero-order valence-corrected chi connectivity index (χ0v) is 9.58. The monoisotopic (exact) mass is 223 g/mol. The molecule has 0 saturated carbocycles. The summed E-state index contributed by atoms with van der Waals surface area (Å²) in [6.07, 6.45) is 3.66. The molecule has 0 aliphatic carbocycles. The number of hydrogen-bond donors (Lipinski definition) is 1. The number of unbranched alkanes of at least 4 members (excludes halogenated alkanes) is 1. The molecule has 0 amide bonds. The van der Waals surface area contributed by atoms with Crippen molar-refractivity contribution in [1.82, 2.24) is 0 Å². The third-order valence-corrected chi connectivity index (χ3v) is 2.27. The lowest BCUT2D eigenvalue weighted by Crippen LogP contribution is -2.09. The van der Waals surface area contributed by atoms with Crippen LogP contribution in [0.4, 0.5) is 4.39 Å². The van der Waals surface area contributed by atoms with Gasteiger partial charge in [-0.2, -0.15) is 0 Å². The molecule has 88 valence electrons. The van der Waals surface area contributed by atoms with Crippen LogP contribution in [0.25, 0.3) is 0 Å². The molecule has 0 aliphatic heterocycles. The van der Waals surface area contributed by atoms with Crippen LogP contribution in [-0.4, -0.2) is 6.61 Å². The number of nitrogens with two attached hydrogens (primary N) is 1. The van der Waals surface area contributed by atoms with Crippen LogP contribution in [0.15, 0.2) is 30.9 Å². The Hall–Kier alpha value is -1.35. The molecule has 0 radical (unpaired) electrons. The molecule has 1 unspecified atom stereocenters. The highest BCUT2D eigenvalue weighted by atomic mass is 19.1. The summed E-state index contributed by atoms with van der Waals surface area (Å²) >= 11 is 0. The Balaban J connectivity index is 2.67. The van der Waals surface area contributed by atoms with Crippen molar-refractivity contribution in [1.29, 1.82) is 0 Å². The second-order valence-corrected chi connectivity index (χ2v) is 3.75. The Morgan fingerprint density at radius 2 is 2.31 bits per heavy atom. The van der Waals surface area contributed by atoms with Crippen molar-refractivity contribution >= 4 is 0 Å². The molecule has 16 heavy (non-hydrogen) atoms. The van der Waals surface area contributed by atoms with Gasteiger partial charge < -0.3 is 10.5 Å². The van der Waals surface area contributed by atoms with E-state index in [1.165, 1.54) is 12.1 Å². The van der Waals surface area contributed by atoms with Crippen molar-refractivity contribution < 1.29 is 9.13 Å². The lowest BCUT2D eigenvalue weighted by atomic mass is 10.1. The van der Waals surface area contributed by atoms with Gasteiger partial charge in [0, 0.05) is 11.6 Å². The Morgan fingerprint density at radius 1 is 1.56 bits per heavy atom. The van der Waals surface area contributed by atoms with Crippen LogP contribution < -0.4 is 10.5 Å². The highest BCUT2D eigenvalue weighted by Gasteiger charge is 2.09. The van der Waals surface area contributed by atoms with Crippen LogP contribution in [0, 0.1) is 5.82 Å². The van der Waals surface area contributed by atoms with Crippen molar-refractivity contribution in [2.45, 2.75) is 25.8 Å². The topological polar surface area (TPSA) is 35.2 Å². The SMILES string of the molecule is C=CCCCOc1ccc(F)cc1C(C)N. The van der Waals surface area contributed by atoms with E-state index in [0.717, 1.165) is 12.8 Å². The van der Waals surface area contributed by atoms with Crippen molar-refractivity contribution in [3.63, 3.8) is 0 Å². The van der Waals surface area contributed by atoms with E-state index in [1.54, 1.807) is 6.07 Å². The number of halogens is 1. The van der Waals surface area contributed by atoms with E-state index in [-0.39, 0.29) is 11.9 Å². The van der Waals surface area contributed by atoms with E-state index in [2.05, 4.69) is 6.58 Å². The summed E-state index contributed by atoms with van der Waals surface area (Å²) < 4.78 is 18.6. The Kier molecular flexibility index (Phi) is 4.99. The van der Waals surface area contributed by atoms with Crippen molar-refractivity contribution in [3.8, 4) is 5.75 Å². The molecular formula is C13H18FNO. The second kappa shape index (κ2) is 6.28. The molecule has 0 saturated heterocycles. The minimum Gasteiger partial charge on any atom is -0.493 e. The molecule has 1 rings (SSSR count). The van der Waals surface area contributed by atoms with Gasteiger partial charge in [-0.3, -0.25) is 0 Å². The first-order valence-electron chi connectivity index (χ1n) is 5.44. The Morgan fingerprint density at radius 3 is 2.94 bits per heavy atom. The number of benzene rings is 1. The lowest BCUT2D eigenvalue weighted by molar-refractivity contribution is 0.307. The molecule has 0 fully saturated rings. The van der Waals surface area contributed by atoms with Gasteiger partial charge in [-0.05, 0) is 38.0 Å². The quantitative estimate of drug-likeness (QED) is 0.593. The molecule has 1 aromatic carbocycles. The molecule has 0 bridgehead atoms. The standard InChI is InChI=1S/C13H18FNO/c1-3-4-5-8-16-13-7-6-11(14)9-12(13)10(2)15/h3,6-7,9-10H,1,4-5,8,15H2,2H3. The summed E-state index contributed by atoms with van der Waals surface area (Å²) in [4.78, 5) is 0. The Bertz CT molecular complexity index is 350. The average Bonchev–Trinajstić information content (AvgIpc) is 2.26. The first-order chi connectivity index (χ1) is 7.65. The maximum atomic E-state index is 13.0. The average molecular weight is 223 g/mol. The summed E-state index contributed by atoms with van der Waals surface area (Å²) in [5.74, 6) is 0.381. The molecule has 1 atom stereocenters. The fourth-order valence-corrected chi connectivity index (χ4v) is 1.42. The molecule has 0 aliphatic rings. The molecule has 0 spiro atoms. The molecule has 2 nitrogen and oxygen atoms in total. The predicted octanol–water partition coefficient (Wildman–Crippen LogP) is 3.19. The summed E-state index contributed by atoms with van der Waals surface area (Å²) in [6.45, 7) is 6.04. The van der Waals surface area contributed by atoms with E-state index in [0.29, 0.717) is 17.9 Å². The van der Waals surface area contributed by atoms with Crippen LogP contribution in [0.2, 0.25) is 0 Å². The van der Waals surface area contributed by atoms with E-state index in [1.807, 2.05) is 13.0 Å². The van der Waals surface area contributed by atoms with Gasteiger partial charge >= 0.3 is 0 Å². The van der Waals surface area contributed by atoms with Gasteiger partial charge in [-0.25, -0.2) is 4.39 Å². The second-order valence-electron chi connectivity index (χ2n) is 3.75. The van der Waals surface area contributed by atoms with Gasteiger partial charge in [0.15, 0.2) is 0 Å². The number of allylic oxidation sites excluding steroid dienone is 1. The third-order valence-electron chi connectivity index (χ3n) is 2.27. The molecule has 0 aromatic heterocycles. The summed E-state index contributed by atoms with van der Waals surface area (Å²) in [5, 5.41) is 0. The minimum absolute atomic E-state index is 0.231. The molecule has 2 N–H and O–H groups in total. The van der Waals surface area contributed by atoms with E-state index in [9.17, 15) is 4.39 Å². The van der Waals surface area contributed by atoms with Gasteiger partial charge in [0.25, 0.3) is 0 Å². The maximum absolute atomic E-state index is 13.0. The smallest absolute Gasteiger partial charge is 0.124 e. The van der Waals surface area contributed by atoms with Gasteiger partial charge in [0.05, 0.1) is 6.61 Å². The number of ether oxygens (including phenoxy) is 1. The van der Waals surface area contributed by atoms with Crippen LogP contribution >= 0.6 is 0 Å². The van der Waals surface area contributed by atoms with Gasteiger partial charge in [0.2, 0.25) is 0 Å². The van der Waals surface area contributed by atoms with Gasteiger partial charge in [-0.15, -0.1) is 6.58 Å². The largest absolute Gasteiger partial charge is 0.493 e. The minimum atomic E-state index is -0.286. The summed E-state index contributed by atoms with van der Waals surface area (Å²) in [5.41, 5.74) is 6.46. The van der Waals surface area contributed by atoms with Crippen molar-refractivity contribution in [2.24, 2.45) is 5.73 Å². The van der Waals surface area contributed by atoms with Crippen LogP contribution in [0.3, 0.4) is 0 Å². The highest BCUT2D eigenvalue weighted by molar-refractivity contribution is 5.36. The van der Waals surface area contributed by atoms with Crippen molar-refractivity contribution in [2.75, 3.05) is 6.61 Å². The van der Waals surface area contributed by atoms with Crippen LogP contribution in [0.1, 0.15) is 31.4 Å². The number of hydrogen-bond acceptors (Lipinski definition) is 2. The summed E-state index contributed by atoms with van der Waals surface area (Å²) in [7, 11) is 0. The zero-order valence-electron chi connectivity index (χ0n) is 9.58. The van der Waals surface area contributed by atoms with E-state index < -0.39 is 0 Å². The Labute approximate surface area is 95.9 Å². The van der Waals surface area contributed by atoms with Crippen molar-refractivity contribution in [3.05, 3.63) is 42.2 Å². The maximum Gasteiger partial charge on any atom is 0.124 e. The van der Waals surface area contributed by atoms with Crippen LogP contribution in [-0.2, 0) is 0 Å². The van der Waals surface area contributed by atoms with E-state index >= 15 is 0 Å². The zero-order chi connectivity index (χ0) is 12.0. The highest BCUT2D eigenvalue weighted by Crippen LogP contribution is 2.24. The summed E-state index contributed by atoms with van der Waals surface area (Å²) in [6, 6.07) is 4.20. The molecule has 3 heteroatoms. The first kappa shape index (κ1) is 12.7. The predicted molar refractivity (Wildman–Crippen MR) is 63.9 cm³/mol. The fourth-order valence-electron chi connectivity index (χ4n) is 1.42. The first-order valence-corrected chi connectivity index (χ1v) is 5.44. The lowest BCUT2D eigenvalue weighted by Gasteiger charge is -2.13. The molecule has 1 aromatic rings. The molecule has 0 heterocycles. The number of rotatable bonds is 6. The fraction of sp³-hybridized carbons (Fsp3) is 0.385. The third kappa shape index (κ3) is 3.66. The van der Waals surface area contributed by atoms with Crippen LogP contribution in [0.5, 0.6) is 5.75 Å².